The molecule has 0 unspecified atom stereocenters. The van der Waals surface area contributed by atoms with E-state index in [-0.39, 0.29) is 0 Å². The van der Waals surface area contributed by atoms with Crippen molar-refractivity contribution in [2.45, 2.75) is 0 Å². The van der Waals surface area contributed by atoms with Crippen LogP contribution in [0.25, 0.3) is 61.1 Å². The Labute approximate surface area is 215 Å². The molecule has 7 aromatic rings. The summed E-state index contributed by atoms with van der Waals surface area (Å²) in [4.78, 5) is 0. The molecule has 0 aliphatic carbocycles. The van der Waals surface area contributed by atoms with Crippen LogP contribution < -0.4 is 0 Å². The van der Waals surface area contributed by atoms with E-state index in [0.29, 0.717) is 0 Å². The fourth-order valence-corrected chi connectivity index (χ4v) is 5.07. The smallest absolute Gasteiger partial charge is 0.168 e. The second-order valence-electron chi connectivity index (χ2n) is 9.19. The summed E-state index contributed by atoms with van der Waals surface area (Å²) in [6.45, 7) is 0. The molecule has 0 N–H and O–H groups in total. The van der Waals surface area contributed by atoms with Crippen LogP contribution in [0.3, 0.4) is 0 Å². The summed E-state index contributed by atoms with van der Waals surface area (Å²) in [5, 5.41) is 14.2. The van der Waals surface area contributed by atoms with Crippen LogP contribution in [0, 0.1) is 0 Å². The van der Waals surface area contributed by atoms with Crippen LogP contribution in [-0.2, 0) is 0 Å². The van der Waals surface area contributed by atoms with E-state index in [0.717, 1.165) is 28.5 Å². The lowest BCUT2D eigenvalue weighted by Crippen LogP contribution is -2.00. The van der Waals surface area contributed by atoms with Gasteiger partial charge in [0.05, 0.1) is 0 Å². The van der Waals surface area contributed by atoms with E-state index in [2.05, 4.69) is 113 Å². The Balaban J connectivity index is 1.45. The van der Waals surface area contributed by atoms with Gasteiger partial charge in [-0.05, 0) is 56.9 Å². The van der Waals surface area contributed by atoms with Gasteiger partial charge in [0, 0.05) is 16.8 Å². The van der Waals surface area contributed by atoms with Crippen molar-refractivity contribution in [3.8, 4) is 39.6 Å². The van der Waals surface area contributed by atoms with Gasteiger partial charge in [-0.25, -0.2) is 0 Å². The highest BCUT2D eigenvalue weighted by Crippen LogP contribution is 2.34. The first-order chi connectivity index (χ1) is 18.3. The number of hydrogen-bond acceptors (Lipinski definition) is 2. The minimum Gasteiger partial charge on any atom is -0.275 e. The standard InChI is InChI=1S/C34H23N3/c1-4-10-24(11-5-1)28-20-18-25-16-17-26-19-21-29(23-32(26)31(25)22-28)34-36-35-33(27-12-6-2-7-13-27)37(34)30-14-8-3-9-15-30/h1-23H. The zero-order valence-corrected chi connectivity index (χ0v) is 20.1. The lowest BCUT2D eigenvalue weighted by molar-refractivity contribution is 1.07. The highest BCUT2D eigenvalue weighted by molar-refractivity contribution is 6.09. The minimum absolute atomic E-state index is 0.822. The van der Waals surface area contributed by atoms with E-state index in [4.69, 9.17) is 5.10 Å². The van der Waals surface area contributed by atoms with Crippen molar-refractivity contribution in [2.24, 2.45) is 0 Å². The molecule has 174 valence electrons. The number of nitrogens with zero attached hydrogens (tertiary/aromatic N) is 3. The predicted octanol–water partition coefficient (Wildman–Crippen LogP) is 8.57. The Kier molecular flexibility index (Phi) is 5.11. The van der Waals surface area contributed by atoms with Gasteiger partial charge in [0.25, 0.3) is 0 Å². The molecule has 0 bridgehead atoms. The van der Waals surface area contributed by atoms with E-state index in [1.165, 1.54) is 32.7 Å². The Morgan fingerprint density at radius 1 is 0.378 bits per heavy atom. The van der Waals surface area contributed by atoms with Crippen molar-refractivity contribution in [1.82, 2.24) is 14.8 Å². The summed E-state index contributed by atoms with van der Waals surface area (Å²) in [5.74, 6) is 1.65. The van der Waals surface area contributed by atoms with Crippen LogP contribution in [0.5, 0.6) is 0 Å². The molecule has 37 heavy (non-hydrogen) atoms. The summed E-state index contributed by atoms with van der Waals surface area (Å²) in [7, 11) is 0. The van der Waals surface area contributed by atoms with E-state index in [1.807, 2.05) is 36.4 Å². The summed E-state index contributed by atoms with van der Waals surface area (Å²) in [5.41, 5.74) is 5.52. The fraction of sp³-hybridized carbons (Fsp3) is 0. The molecule has 3 heteroatoms. The zero-order chi connectivity index (χ0) is 24.6. The van der Waals surface area contributed by atoms with Gasteiger partial charge >= 0.3 is 0 Å². The molecule has 0 aliphatic rings. The third-order valence-corrected chi connectivity index (χ3v) is 6.91. The molecule has 7 rings (SSSR count). The average molecular weight is 474 g/mol. The normalized spacial score (nSPS) is 11.2. The van der Waals surface area contributed by atoms with E-state index in [9.17, 15) is 0 Å². The monoisotopic (exact) mass is 473 g/mol. The van der Waals surface area contributed by atoms with Gasteiger partial charge < -0.3 is 0 Å². The van der Waals surface area contributed by atoms with Crippen molar-refractivity contribution in [3.63, 3.8) is 0 Å². The van der Waals surface area contributed by atoms with Crippen LogP contribution >= 0.6 is 0 Å². The molecule has 0 atom stereocenters. The minimum atomic E-state index is 0.822. The largest absolute Gasteiger partial charge is 0.275 e. The number of hydrogen-bond donors (Lipinski definition) is 0. The number of fused-ring (bicyclic) bond motifs is 3. The van der Waals surface area contributed by atoms with Gasteiger partial charge in [-0.2, -0.15) is 0 Å². The van der Waals surface area contributed by atoms with Crippen LogP contribution in [0.4, 0.5) is 0 Å². The lowest BCUT2D eigenvalue weighted by atomic mass is 9.96. The molecule has 0 saturated carbocycles. The van der Waals surface area contributed by atoms with Crippen LogP contribution in [0.15, 0.2) is 140 Å². The predicted molar refractivity (Wildman–Crippen MR) is 153 cm³/mol. The Morgan fingerprint density at radius 3 is 1.46 bits per heavy atom. The first kappa shape index (κ1) is 21.3. The molecular weight excluding hydrogens is 450 g/mol. The highest BCUT2D eigenvalue weighted by Gasteiger charge is 2.17. The first-order valence-corrected chi connectivity index (χ1v) is 12.4. The van der Waals surface area contributed by atoms with E-state index in [1.54, 1.807) is 0 Å². The van der Waals surface area contributed by atoms with Crippen LogP contribution in [0.2, 0.25) is 0 Å². The number of benzene rings is 6. The Morgan fingerprint density at radius 2 is 0.838 bits per heavy atom. The quantitative estimate of drug-likeness (QED) is 0.240. The maximum Gasteiger partial charge on any atom is 0.168 e. The lowest BCUT2D eigenvalue weighted by Gasteiger charge is -2.12. The molecule has 0 saturated heterocycles. The summed E-state index contributed by atoms with van der Waals surface area (Å²) < 4.78 is 2.15. The van der Waals surface area contributed by atoms with Crippen molar-refractivity contribution in [1.29, 1.82) is 0 Å². The van der Waals surface area contributed by atoms with Gasteiger partial charge in [0.15, 0.2) is 11.6 Å². The average Bonchev–Trinajstić information content (AvgIpc) is 3.43. The maximum absolute atomic E-state index is 4.70. The molecule has 0 amide bonds. The van der Waals surface area contributed by atoms with E-state index < -0.39 is 0 Å². The van der Waals surface area contributed by atoms with Gasteiger partial charge in [0.2, 0.25) is 0 Å². The third-order valence-electron chi connectivity index (χ3n) is 6.91. The van der Waals surface area contributed by atoms with Gasteiger partial charge in [0.1, 0.15) is 0 Å². The number of para-hydroxylation sites is 1. The molecule has 0 spiro atoms. The van der Waals surface area contributed by atoms with Gasteiger partial charge in [-0.3, -0.25) is 4.57 Å². The van der Waals surface area contributed by atoms with Crippen molar-refractivity contribution in [2.75, 3.05) is 0 Å². The summed E-state index contributed by atoms with van der Waals surface area (Å²) in [6, 6.07) is 48.8. The molecule has 3 nitrogen and oxygen atoms in total. The number of rotatable bonds is 4. The molecule has 0 fully saturated rings. The third kappa shape index (κ3) is 3.78. The van der Waals surface area contributed by atoms with Gasteiger partial charge in [-0.1, -0.05) is 115 Å². The fourth-order valence-electron chi connectivity index (χ4n) is 5.07. The van der Waals surface area contributed by atoms with Crippen molar-refractivity contribution >= 4 is 21.5 Å². The molecular formula is C34H23N3. The van der Waals surface area contributed by atoms with Crippen molar-refractivity contribution in [3.05, 3.63) is 140 Å². The Bertz CT molecular complexity index is 1850. The maximum atomic E-state index is 4.70. The highest BCUT2D eigenvalue weighted by atomic mass is 15.3. The van der Waals surface area contributed by atoms with Crippen LogP contribution in [0.1, 0.15) is 0 Å². The van der Waals surface area contributed by atoms with E-state index >= 15 is 0 Å². The summed E-state index contributed by atoms with van der Waals surface area (Å²) in [6.07, 6.45) is 0. The zero-order valence-electron chi connectivity index (χ0n) is 20.1. The first-order valence-electron chi connectivity index (χ1n) is 12.4. The molecule has 0 aliphatic heterocycles. The molecule has 1 aromatic heterocycles. The van der Waals surface area contributed by atoms with Gasteiger partial charge in [-0.15, -0.1) is 10.2 Å². The SMILES string of the molecule is c1ccc(-c2ccc3ccc4ccc(-c5nnc(-c6ccccc6)n5-c5ccccc5)cc4c3c2)cc1. The topological polar surface area (TPSA) is 30.7 Å². The molecule has 1 heterocycles. The van der Waals surface area contributed by atoms with Crippen molar-refractivity contribution < 1.29 is 0 Å². The Hall–Kier alpha value is -5.02. The molecule has 6 aromatic carbocycles. The van der Waals surface area contributed by atoms with Crippen LogP contribution in [-0.4, -0.2) is 14.8 Å². The summed E-state index contributed by atoms with van der Waals surface area (Å²) >= 11 is 0. The number of aromatic nitrogens is 3. The second-order valence-corrected chi connectivity index (χ2v) is 9.19. The second kappa shape index (κ2) is 8.89. The molecule has 0 radical (unpaired) electrons.